The molecule has 1 unspecified atom stereocenters. The molecule has 0 bridgehead atoms. The quantitative estimate of drug-likeness (QED) is 0.688. The third-order valence-corrected chi connectivity index (χ3v) is 4.81. The normalized spacial score (nSPS) is 13.2. The first-order chi connectivity index (χ1) is 9.51. The predicted molar refractivity (Wildman–Crippen MR) is 82.3 cm³/mol. The molecule has 0 amide bonds. The number of rotatable bonds is 9. The van der Waals surface area contributed by atoms with Gasteiger partial charge in [0, 0.05) is 25.5 Å². The smallest absolute Gasteiger partial charge is 0.244 e. The standard InChI is InChI=1S/C14H25N3O2S/c1-4-5-6-7-8-12(2)17-20(18,19)14-11-16-10-9-13(14)15-3/h9-12,17H,4-8H2,1-3H3,(H,15,16). The minimum atomic E-state index is -3.52. The Morgan fingerprint density at radius 2 is 2.05 bits per heavy atom. The van der Waals surface area contributed by atoms with Crippen molar-refractivity contribution in [2.45, 2.75) is 56.9 Å². The molecule has 6 heteroatoms. The van der Waals surface area contributed by atoms with Crippen molar-refractivity contribution in [2.24, 2.45) is 0 Å². The maximum absolute atomic E-state index is 12.3. The maximum Gasteiger partial charge on any atom is 0.244 e. The highest BCUT2D eigenvalue weighted by Crippen LogP contribution is 2.19. The lowest BCUT2D eigenvalue weighted by Crippen LogP contribution is -2.33. The molecule has 0 radical (unpaired) electrons. The Morgan fingerprint density at radius 1 is 1.30 bits per heavy atom. The number of aromatic nitrogens is 1. The van der Waals surface area contributed by atoms with Crippen LogP contribution in [0.25, 0.3) is 0 Å². The van der Waals surface area contributed by atoms with Crippen LogP contribution in [0.5, 0.6) is 0 Å². The van der Waals surface area contributed by atoms with E-state index in [2.05, 4.69) is 21.9 Å². The van der Waals surface area contributed by atoms with Gasteiger partial charge in [-0.2, -0.15) is 0 Å². The lowest BCUT2D eigenvalue weighted by atomic mass is 10.1. The zero-order chi connectivity index (χ0) is 15.0. The first-order valence-electron chi connectivity index (χ1n) is 7.15. The average molecular weight is 299 g/mol. The molecule has 1 aromatic heterocycles. The van der Waals surface area contributed by atoms with E-state index in [-0.39, 0.29) is 10.9 Å². The van der Waals surface area contributed by atoms with Crippen molar-refractivity contribution in [1.82, 2.24) is 9.71 Å². The third kappa shape index (κ3) is 5.09. The molecule has 20 heavy (non-hydrogen) atoms. The summed E-state index contributed by atoms with van der Waals surface area (Å²) < 4.78 is 27.4. The van der Waals surface area contributed by atoms with Crippen LogP contribution in [0.15, 0.2) is 23.4 Å². The van der Waals surface area contributed by atoms with Gasteiger partial charge in [-0.3, -0.25) is 4.98 Å². The van der Waals surface area contributed by atoms with Crippen molar-refractivity contribution < 1.29 is 8.42 Å². The maximum atomic E-state index is 12.3. The van der Waals surface area contributed by atoms with E-state index in [9.17, 15) is 8.42 Å². The SMILES string of the molecule is CCCCCCC(C)NS(=O)(=O)c1cnccc1NC. The van der Waals surface area contributed by atoms with Crippen LogP contribution in [0, 0.1) is 0 Å². The molecule has 1 atom stereocenters. The molecule has 0 aromatic carbocycles. The highest BCUT2D eigenvalue weighted by Gasteiger charge is 2.20. The fourth-order valence-electron chi connectivity index (χ4n) is 2.07. The molecule has 0 aliphatic heterocycles. The molecule has 0 aliphatic carbocycles. The summed E-state index contributed by atoms with van der Waals surface area (Å²) in [7, 11) is -1.82. The number of hydrogen-bond donors (Lipinski definition) is 2. The lowest BCUT2D eigenvalue weighted by Gasteiger charge is -2.15. The third-order valence-electron chi connectivity index (χ3n) is 3.19. The molecule has 0 aliphatic rings. The van der Waals surface area contributed by atoms with Crippen molar-refractivity contribution in [2.75, 3.05) is 12.4 Å². The Morgan fingerprint density at radius 3 is 2.70 bits per heavy atom. The minimum Gasteiger partial charge on any atom is -0.387 e. The summed E-state index contributed by atoms with van der Waals surface area (Å²) in [5, 5.41) is 2.88. The summed E-state index contributed by atoms with van der Waals surface area (Å²) in [6, 6.07) is 1.59. The van der Waals surface area contributed by atoms with Crippen LogP contribution < -0.4 is 10.0 Å². The van der Waals surface area contributed by atoms with E-state index in [4.69, 9.17) is 0 Å². The Hall–Kier alpha value is -1.14. The predicted octanol–water partition coefficient (Wildman–Crippen LogP) is 2.76. The second-order valence-corrected chi connectivity index (χ2v) is 6.68. The van der Waals surface area contributed by atoms with E-state index < -0.39 is 10.0 Å². The molecular weight excluding hydrogens is 274 g/mol. The van der Waals surface area contributed by atoms with Gasteiger partial charge in [-0.1, -0.05) is 32.6 Å². The fourth-order valence-corrected chi connectivity index (χ4v) is 3.50. The van der Waals surface area contributed by atoms with E-state index in [0.29, 0.717) is 5.69 Å². The molecule has 0 spiro atoms. The summed E-state index contributed by atoms with van der Waals surface area (Å²) in [5.41, 5.74) is 0.561. The van der Waals surface area contributed by atoms with Crippen LogP contribution in [0.4, 0.5) is 5.69 Å². The van der Waals surface area contributed by atoms with Crippen molar-refractivity contribution >= 4 is 15.7 Å². The van der Waals surface area contributed by atoms with E-state index in [1.807, 2.05) is 6.92 Å². The molecule has 0 saturated carbocycles. The van der Waals surface area contributed by atoms with Gasteiger partial charge in [-0.05, 0) is 19.4 Å². The summed E-state index contributed by atoms with van der Waals surface area (Å²) >= 11 is 0. The average Bonchev–Trinajstić information content (AvgIpc) is 2.43. The van der Waals surface area contributed by atoms with E-state index >= 15 is 0 Å². The fraction of sp³-hybridized carbons (Fsp3) is 0.643. The van der Waals surface area contributed by atoms with Crippen LogP contribution >= 0.6 is 0 Å². The van der Waals surface area contributed by atoms with Crippen LogP contribution in [0.2, 0.25) is 0 Å². The van der Waals surface area contributed by atoms with Crippen LogP contribution in [-0.4, -0.2) is 26.5 Å². The van der Waals surface area contributed by atoms with Crippen LogP contribution in [0.3, 0.4) is 0 Å². The van der Waals surface area contributed by atoms with Crippen molar-refractivity contribution in [1.29, 1.82) is 0 Å². The highest BCUT2D eigenvalue weighted by atomic mass is 32.2. The molecule has 1 aromatic rings. The van der Waals surface area contributed by atoms with Crippen molar-refractivity contribution in [3.05, 3.63) is 18.5 Å². The van der Waals surface area contributed by atoms with E-state index in [0.717, 1.165) is 19.3 Å². The number of anilines is 1. The summed E-state index contributed by atoms with van der Waals surface area (Å²) in [4.78, 5) is 4.09. The number of pyridine rings is 1. The molecule has 1 rings (SSSR count). The first-order valence-corrected chi connectivity index (χ1v) is 8.63. The van der Waals surface area contributed by atoms with Gasteiger partial charge in [0.15, 0.2) is 0 Å². The molecule has 5 nitrogen and oxygen atoms in total. The van der Waals surface area contributed by atoms with Gasteiger partial charge in [-0.25, -0.2) is 13.1 Å². The molecule has 114 valence electrons. The molecular formula is C14H25N3O2S. The van der Waals surface area contributed by atoms with Gasteiger partial charge >= 0.3 is 0 Å². The van der Waals surface area contributed by atoms with Gasteiger partial charge in [0.1, 0.15) is 4.90 Å². The topological polar surface area (TPSA) is 71.1 Å². The minimum absolute atomic E-state index is 0.0678. The second-order valence-electron chi connectivity index (χ2n) is 4.99. The van der Waals surface area contributed by atoms with Crippen molar-refractivity contribution in [3.8, 4) is 0 Å². The van der Waals surface area contributed by atoms with Gasteiger partial charge in [-0.15, -0.1) is 0 Å². The zero-order valence-electron chi connectivity index (χ0n) is 12.5. The van der Waals surface area contributed by atoms with Crippen LogP contribution in [-0.2, 0) is 10.0 Å². The Kier molecular flexibility index (Phi) is 6.95. The monoisotopic (exact) mass is 299 g/mol. The lowest BCUT2D eigenvalue weighted by molar-refractivity contribution is 0.522. The number of hydrogen-bond acceptors (Lipinski definition) is 4. The van der Waals surface area contributed by atoms with Gasteiger partial charge < -0.3 is 5.32 Å². The Bertz CT molecular complexity index is 503. The number of nitrogens with one attached hydrogen (secondary N) is 2. The van der Waals surface area contributed by atoms with E-state index in [1.54, 1.807) is 19.3 Å². The van der Waals surface area contributed by atoms with E-state index in [1.165, 1.54) is 19.0 Å². The number of unbranched alkanes of at least 4 members (excludes halogenated alkanes) is 3. The first kappa shape index (κ1) is 16.9. The molecule has 1 heterocycles. The molecule has 2 N–H and O–H groups in total. The number of sulfonamides is 1. The van der Waals surface area contributed by atoms with Crippen molar-refractivity contribution in [3.63, 3.8) is 0 Å². The van der Waals surface area contributed by atoms with Gasteiger partial charge in [0.05, 0.1) is 5.69 Å². The molecule has 0 saturated heterocycles. The Balaban J connectivity index is 2.65. The van der Waals surface area contributed by atoms with Gasteiger partial charge in [0.2, 0.25) is 10.0 Å². The summed E-state index contributed by atoms with van der Waals surface area (Å²) in [6.07, 6.45) is 8.37. The summed E-state index contributed by atoms with van der Waals surface area (Å²) in [5.74, 6) is 0. The largest absolute Gasteiger partial charge is 0.387 e. The zero-order valence-corrected chi connectivity index (χ0v) is 13.3. The second kappa shape index (κ2) is 8.21. The Labute approximate surface area is 122 Å². The number of nitrogens with zero attached hydrogens (tertiary/aromatic N) is 1. The molecule has 0 fully saturated rings. The van der Waals surface area contributed by atoms with Crippen LogP contribution in [0.1, 0.15) is 46.0 Å². The summed E-state index contributed by atoms with van der Waals surface area (Å²) in [6.45, 7) is 4.06. The highest BCUT2D eigenvalue weighted by molar-refractivity contribution is 7.89. The van der Waals surface area contributed by atoms with Gasteiger partial charge in [0.25, 0.3) is 0 Å².